The molecular formula is C10H14N2O4. The largest absolute Gasteiger partial charge is 0.550 e. The molecule has 1 aromatic rings. The van der Waals surface area contributed by atoms with Crippen molar-refractivity contribution < 1.29 is 24.8 Å². The first-order chi connectivity index (χ1) is 7.41. The van der Waals surface area contributed by atoms with E-state index in [1.807, 2.05) is 25.3 Å². The Kier molecular flexibility index (Phi) is 6.27. The van der Waals surface area contributed by atoms with Gasteiger partial charge in [-0.3, -0.25) is 10.5 Å². The Hall–Kier alpha value is -2.11. The summed E-state index contributed by atoms with van der Waals surface area (Å²) in [7, 11) is 0. The van der Waals surface area contributed by atoms with Gasteiger partial charge in [-0.25, -0.2) is 4.98 Å². The monoisotopic (exact) mass is 226 g/mol. The number of pyridine rings is 1. The number of aliphatic carboxylic acids is 2. The van der Waals surface area contributed by atoms with Gasteiger partial charge in [0.15, 0.2) is 0 Å². The van der Waals surface area contributed by atoms with E-state index in [4.69, 9.17) is 10.8 Å². The molecule has 16 heavy (non-hydrogen) atoms. The predicted molar refractivity (Wildman–Crippen MR) is 54.0 cm³/mol. The number of carbonyl (C=O) groups is 2. The summed E-state index contributed by atoms with van der Waals surface area (Å²) in [5.74, 6) is -1.74. The molecule has 0 atom stereocenters. The topological polar surface area (TPSA) is 118 Å². The summed E-state index contributed by atoms with van der Waals surface area (Å²) in [4.78, 5) is 22.0. The van der Waals surface area contributed by atoms with E-state index in [0.717, 1.165) is 0 Å². The van der Waals surface area contributed by atoms with Crippen LogP contribution in [0.2, 0.25) is 0 Å². The average Bonchev–Trinajstić information content (AvgIpc) is 2.20. The lowest BCUT2D eigenvalue weighted by Crippen LogP contribution is -2.22. The van der Waals surface area contributed by atoms with E-state index < -0.39 is 18.4 Å². The number of anilines is 1. The number of aromatic nitrogens is 1. The van der Waals surface area contributed by atoms with E-state index in [0.29, 0.717) is 5.82 Å². The molecule has 0 bridgehead atoms. The summed E-state index contributed by atoms with van der Waals surface area (Å²) in [6.45, 7) is 2.01. The quantitative estimate of drug-likeness (QED) is 0.684. The van der Waals surface area contributed by atoms with Crippen molar-refractivity contribution in [2.24, 2.45) is 0 Å². The van der Waals surface area contributed by atoms with Crippen LogP contribution in [0.3, 0.4) is 0 Å². The molecule has 1 aromatic heterocycles. The van der Waals surface area contributed by atoms with Crippen molar-refractivity contribution in [1.82, 2.24) is 0 Å². The van der Waals surface area contributed by atoms with Crippen molar-refractivity contribution in [1.29, 1.82) is 0 Å². The number of H-pyrrole nitrogens is 1. The predicted octanol–water partition coefficient (Wildman–Crippen LogP) is -1.01. The number of aromatic amines is 1. The summed E-state index contributed by atoms with van der Waals surface area (Å²) in [5.41, 5.74) is 6.56. The number of hydrogen-bond acceptors (Lipinski definition) is 4. The van der Waals surface area contributed by atoms with Crippen molar-refractivity contribution in [3.8, 4) is 0 Å². The van der Waals surface area contributed by atoms with E-state index in [9.17, 15) is 14.7 Å². The first-order valence-electron chi connectivity index (χ1n) is 4.57. The fourth-order valence-corrected chi connectivity index (χ4v) is 0.724. The highest BCUT2D eigenvalue weighted by Gasteiger charge is 1.94. The summed E-state index contributed by atoms with van der Waals surface area (Å²) in [6, 6.07) is 3.81. The van der Waals surface area contributed by atoms with Gasteiger partial charge in [-0.05, 0) is 25.0 Å². The number of nitrogens with one attached hydrogen (secondary N) is 1. The molecule has 0 radical (unpaired) electrons. The van der Waals surface area contributed by atoms with E-state index >= 15 is 0 Å². The van der Waals surface area contributed by atoms with E-state index in [2.05, 4.69) is 4.98 Å². The molecule has 0 aliphatic heterocycles. The second-order valence-corrected chi connectivity index (χ2v) is 3.09. The first kappa shape index (κ1) is 13.9. The van der Waals surface area contributed by atoms with Gasteiger partial charge >= 0.3 is 5.97 Å². The van der Waals surface area contributed by atoms with Gasteiger partial charge in [0.25, 0.3) is 5.82 Å². The molecule has 1 rings (SSSR count). The molecule has 0 fully saturated rings. The van der Waals surface area contributed by atoms with Gasteiger partial charge in [0.2, 0.25) is 0 Å². The second kappa shape index (κ2) is 7.22. The lowest BCUT2D eigenvalue weighted by atomic mass is 10.3. The molecule has 0 spiro atoms. The fourth-order valence-electron chi connectivity index (χ4n) is 0.724. The summed E-state index contributed by atoms with van der Waals surface area (Å²) in [5, 5.41) is 17.4. The van der Waals surface area contributed by atoms with Crippen LogP contribution >= 0.6 is 0 Å². The number of hydrogen-bond donors (Lipinski definition) is 2. The molecule has 6 heteroatoms. The molecule has 0 unspecified atom stereocenters. The number of nitrogen functional groups attached to an aromatic ring is 1. The van der Waals surface area contributed by atoms with Gasteiger partial charge in [-0.2, -0.15) is 0 Å². The Balaban J connectivity index is 0.000000281. The van der Waals surface area contributed by atoms with Crippen LogP contribution in [0.1, 0.15) is 18.4 Å². The number of carbonyl (C=O) groups excluding carboxylic acids is 1. The molecule has 0 aliphatic carbocycles. The van der Waals surface area contributed by atoms with Crippen LogP contribution in [0.25, 0.3) is 0 Å². The third-order valence-electron chi connectivity index (χ3n) is 1.54. The number of rotatable bonds is 3. The maximum Gasteiger partial charge on any atom is 0.303 e. The van der Waals surface area contributed by atoms with Crippen LogP contribution < -0.4 is 15.8 Å². The molecule has 0 amide bonds. The zero-order chi connectivity index (χ0) is 12.6. The molecule has 6 nitrogen and oxygen atoms in total. The normalized spacial score (nSPS) is 8.81. The van der Waals surface area contributed by atoms with Gasteiger partial charge in [0.1, 0.15) is 0 Å². The first-order valence-corrected chi connectivity index (χ1v) is 4.57. The van der Waals surface area contributed by atoms with Crippen LogP contribution in [-0.4, -0.2) is 17.0 Å². The van der Waals surface area contributed by atoms with Crippen molar-refractivity contribution in [2.75, 3.05) is 5.73 Å². The summed E-state index contributed by atoms with van der Waals surface area (Å²) in [6.07, 6.45) is 1.10. The Morgan fingerprint density at radius 1 is 1.44 bits per heavy atom. The summed E-state index contributed by atoms with van der Waals surface area (Å²) < 4.78 is 0. The van der Waals surface area contributed by atoms with Crippen LogP contribution in [0.15, 0.2) is 18.3 Å². The second-order valence-electron chi connectivity index (χ2n) is 3.09. The average molecular weight is 226 g/mol. The minimum atomic E-state index is -1.33. The van der Waals surface area contributed by atoms with Crippen molar-refractivity contribution >= 4 is 17.8 Å². The van der Waals surface area contributed by atoms with Gasteiger partial charge in [-0.1, -0.05) is 0 Å². The van der Waals surface area contributed by atoms with Crippen LogP contribution in [0.4, 0.5) is 5.82 Å². The Morgan fingerprint density at radius 2 is 2.06 bits per heavy atom. The Bertz CT molecular complexity index is 313. The van der Waals surface area contributed by atoms with Crippen molar-refractivity contribution in [3.05, 3.63) is 23.9 Å². The SMILES string of the molecule is Cc1ccc(N)[nH+]c1.O=C([O-])CCC(=O)O. The lowest BCUT2D eigenvalue weighted by molar-refractivity contribution is -0.360. The van der Waals surface area contributed by atoms with Crippen LogP contribution in [0.5, 0.6) is 0 Å². The number of aryl methyl sites for hydroxylation is 1. The molecule has 4 N–H and O–H groups in total. The minimum Gasteiger partial charge on any atom is -0.550 e. The van der Waals surface area contributed by atoms with Crippen molar-refractivity contribution in [2.45, 2.75) is 19.8 Å². The van der Waals surface area contributed by atoms with E-state index in [1.165, 1.54) is 5.56 Å². The molecular weight excluding hydrogens is 212 g/mol. The lowest BCUT2D eigenvalue weighted by Gasteiger charge is -1.94. The molecule has 0 saturated heterocycles. The Labute approximate surface area is 92.7 Å². The third-order valence-corrected chi connectivity index (χ3v) is 1.54. The maximum absolute atomic E-state index is 9.61. The van der Waals surface area contributed by atoms with Gasteiger partial charge < -0.3 is 15.0 Å². The maximum atomic E-state index is 9.61. The zero-order valence-electron chi connectivity index (χ0n) is 8.90. The smallest absolute Gasteiger partial charge is 0.303 e. The number of carboxylic acids is 2. The number of carboxylic acid groups (broad SMARTS) is 2. The van der Waals surface area contributed by atoms with Gasteiger partial charge in [0.05, 0.1) is 12.6 Å². The summed E-state index contributed by atoms with van der Waals surface area (Å²) >= 11 is 0. The minimum absolute atomic E-state index is 0.359. The molecule has 88 valence electrons. The Morgan fingerprint density at radius 3 is 2.31 bits per heavy atom. The van der Waals surface area contributed by atoms with Gasteiger partial charge in [0, 0.05) is 12.0 Å². The highest BCUT2D eigenvalue weighted by atomic mass is 16.4. The molecule has 0 aromatic carbocycles. The third kappa shape index (κ3) is 8.49. The molecule has 0 aliphatic rings. The highest BCUT2D eigenvalue weighted by Crippen LogP contribution is 1.92. The molecule has 0 saturated carbocycles. The van der Waals surface area contributed by atoms with Crippen LogP contribution in [-0.2, 0) is 9.59 Å². The zero-order valence-corrected chi connectivity index (χ0v) is 8.90. The van der Waals surface area contributed by atoms with Crippen LogP contribution in [0, 0.1) is 6.92 Å². The van der Waals surface area contributed by atoms with E-state index in [-0.39, 0.29) is 6.42 Å². The van der Waals surface area contributed by atoms with Crippen molar-refractivity contribution in [3.63, 3.8) is 0 Å². The molecule has 1 heterocycles. The fraction of sp³-hybridized carbons (Fsp3) is 0.300. The number of nitrogens with two attached hydrogens (primary N) is 1. The van der Waals surface area contributed by atoms with Gasteiger partial charge in [-0.15, -0.1) is 0 Å². The highest BCUT2D eigenvalue weighted by molar-refractivity contribution is 5.74. The van der Waals surface area contributed by atoms with E-state index in [1.54, 1.807) is 0 Å². The standard InChI is InChI=1S/C6H8N2.C4H6O4/c1-5-2-3-6(7)8-4-5;5-3(6)1-2-4(7)8/h2-4H,1H3,(H2,7,8);1-2H2,(H,5,6)(H,7,8).